The third kappa shape index (κ3) is 11.8. The summed E-state index contributed by atoms with van der Waals surface area (Å²) in [4.78, 5) is 28.1. The molecule has 1 saturated heterocycles. The molecule has 1 aliphatic heterocycles. The molecular formula is C31H43F2N5O2S. The van der Waals surface area contributed by atoms with Crippen molar-refractivity contribution in [2.24, 2.45) is 5.92 Å². The predicted octanol–water partition coefficient (Wildman–Crippen LogP) is 5.20. The van der Waals surface area contributed by atoms with Crippen molar-refractivity contribution in [3.63, 3.8) is 0 Å². The summed E-state index contributed by atoms with van der Waals surface area (Å²) in [6.07, 6.45) is 2.86. The molecule has 3 rings (SSSR count). The van der Waals surface area contributed by atoms with Crippen LogP contribution in [0.3, 0.4) is 0 Å². The zero-order chi connectivity index (χ0) is 30.2. The Bertz CT molecular complexity index is 1140. The highest BCUT2D eigenvalue weighted by Gasteiger charge is 2.34. The molecule has 41 heavy (non-hydrogen) atoms. The SMILES string of the molecule is CC.CCCCN1CC(C(=O)N[C@@H](Cc2cc(F)cc(F)c2)C[C@@H](C)NCCNSc2ccccc2C#N)CC1=O. The summed E-state index contributed by atoms with van der Waals surface area (Å²) in [5, 5.41) is 15.7. The van der Waals surface area contributed by atoms with Gasteiger partial charge in [0.2, 0.25) is 11.8 Å². The second-order valence-electron chi connectivity index (χ2n) is 9.98. The van der Waals surface area contributed by atoms with E-state index >= 15 is 0 Å². The number of nitriles is 1. The molecule has 0 radical (unpaired) electrons. The summed E-state index contributed by atoms with van der Waals surface area (Å²) >= 11 is 1.40. The number of nitrogens with zero attached hydrogens (tertiary/aromatic N) is 2. The highest BCUT2D eigenvalue weighted by atomic mass is 32.2. The Kier molecular flexibility index (Phi) is 15.4. The Hall–Kier alpha value is -3.00. The first-order chi connectivity index (χ1) is 19.8. The number of rotatable bonds is 15. The van der Waals surface area contributed by atoms with Gasteiger partial charge in [0.1, 0.15) is 17.7 Å². The Morgan fingerprint density at radius 2 is 1.88 bits per heavy atom. The number of amides is 2. The topological polar surface area (TPSA) is 97.3 Å². The lowest BCUT2D eigenvalue weighted by atomic mass is 9.98. The largest absolute Gasteiger partial charge is 0.353 e. The maximum Gasteiger partial charge on any atom is 0.225 e. The van der Waals surface area contributed by atoms with Gasteiger partial charge in [0.25, 0.3) is 0 Å². The molecular weight excluding hydrogens is 544 g/mol. The standard InChI is InChI=1S/C29H37F2N5O2S.C2H6/c1-3-4-11-36-19-23(16-28(36)37)29(38)35-26(15-21-13-24(30)17-25(31)14-21)12-20(2)33-9-10-34-39-27-8-6-5-7-22(27)18-32;1-2/h5-8,13-14,17,20,23,26,33-34H,3-4,9-12,15-16,19H2,1-2H3,(H,35,38);1-2H3/t20-,23?,26-;/m1./s1. The summed E-state index contributed by atoms with van der Waals surface area (Å²) in [7, 11) is 0. The minimum absolute atomic E-state index is 0.00170. The van der Waals surface area contributed by atoms with Gasteiger partial charge in [-0.05, 0) is 68.0 Å². The molecule has 2 amide bonds. The molecule has 1 unspecified atom stereocenters. The molecule has 224 valence electrons. The van der Waals surface area contributed by atoms with Crippen LogP contribution in [0.2, 0.25) is 0 Å². The van der Waals surface area contributed by atoms with E-state index in [9.17, 15) is 23.6 Å². The Morgan fingerprint density at radius 1 is 1.17 bits per heavy atom. The van der Waals surface area contributed by atoms with Crippen molar-refractivity contribution in [1.29, 1.82) is 5.26 Å². The average molecular weight is 588 g/mol. The number of benzene rings is 2. The molecule has 0 spiro atoms. The van der Waals surface area contributed by atoms with Crippen molar-refractivity contribution >= 4 is 23.8 Å². The van der Waals surface area contributed by atoms with Crippen LogP contribution in [0.15, 0.2) is 47.4 Å². The van der Waals surface area contributed by atoms with E-state index in [1.165, 1.54) is 24.1 Å². The van der Waals surface area contributed by atoms with Crippen molar-refractivity contribution in [3.8, 4) is 6.07 Å². The molecule has 2 aromatic carbocycles. The minimum atomic E-state index is -0.657. The molecule has 0 bridgehead atoms. The Balaban J connectivity index is 0.00000287. The summed E-state index contributed by atoms with van der Waals surface area (Å²) in [6.45, 7) is 10.4. The van der Waals surface area contributed by atoms with Gasteiger partial charge >= 0.3 is 0 Å². The van der Waals surface area contributed by atoms with E-state index in [1.807, 2.05) is 39.0 Å². The fourth-order valence-corrected chi connectivity index (χ4v) is 5.42. The quantitative estimate of drug-likeness (QED) is 0.196. The van der Waals surface area contributed by atoms with Crippen molar-refractivity contribution in [2.45, 2.75) is 76.8 Å². The number of halogens is 2. The van der Waals surface area contributed by atoms with Gasteiger partial charge in [-0.15, -0.1) is 0 Å². The van der Waals surface area contributed by atoms with Gasteiger partial charge in [0.15, 0.2) is 0 Å². The van der Waals surface area contributed by atoms with Crippen LogP contribution >= 0.6 is 11.9 Å². The lowest BCUT2D eigenvalue weighted by molar-refractivity contribution is -0.129. The number of carbonyl (C=O) groups is 2. The van der Waals surface area contributed by atoms with E-state index in [2.05, 4.69) is 28.3 Å². The maximum atomic E-state index is 13.8. The molecule has 0 aromatic heterocycles. The average Bonchev–Trinajstić information content (AvgIpc) is 3.32. The lowest BCUT2D eigenvalue weighted by Crippen LogP contribution is -2.45. The van der Waals surface area contributed by atoms with E-state index < -0.39 is 17.6 Å². The zero-order valence-corrected chi connectivity index (χ0v) is 25.3. The van der Waals surface area contributed by atoms with Crippen molar-refractivity contribution in [2.75, 3.05) is 26.2 Å². The summed E-state index contributed by atoms with van der Waals surface area (Å²) in [5.74, 6) is -1.95. The second kappa shape index (κ2) is 18.4. The van der Waals surface area contributed by atoms with Crippen LogP contribution in [0.5, 0.6) is 0 Å². The van der Waals surface area contributed by atoms with E-state index in [0.717, 1.165) is 23.8 Å². The van der Waals surface area contributed by atoms with E-state index in [0.29, 0.717) is 43.7 Å². The summed E-state index contributed by atoms with van der Waals surface area (Å²) in [5.41, 5.74) is 1.08. The molecule has 1 fully saturated rings. The lowest BCUT2D eigenvalue weighted by Gasteiger charge is -2.25. The first-order valence-corrected chi connectivity index (χ1v) is 15.3. The van der Waals surface area contributed by atoms with Gasteiger partial charge in [0, 0.05) is 55.6 Å². The summed E-state index contributed by atoms with van der Waals surface area (Å²) < 4.78 is 30.9. The molecule has 2 aromatic rings. The number of nitrogens with one attached hydrogen (secondary N) is 3. The molecule has 0 saturated carbocycles. The van der Waals surface area contributed by atoms with Crippen LogP contribution in [0.25, 0.3) is 0 Å². The zero-order valence-electron chi connectivity index (χ0n) is 24.5. The fraction of sp³-hybridized carbons (Fsp3) is 0.516. The minimum Gasteiger partial charge on any atom is -0.353 e. The van der Waals surface area contributed by atoms with Gasteiger partial charge in [-0.25, -0.2) is 8.78 Å². The van der Waals surface area contributed by atoms with Crippen molar-refractivity contribution < 1.29 is 18.4 Å². The van der Waals surface area contributed by atoms with Crippen molar-refractivity contribution in [1.82, 2.24) is 20.3 Å². The number of carbonyl (C=O) groups excluding carboxylic acids is 2. The van der Waals surface area contributed by atoms with Crippen LogP contribution in [-0.4, -0.2) is 55.0 Å². The molecule has 0 aliphatic carbocycles. The molecule has 7 nitrogen and oxygen atoms in total. The van der Waals surface area contributed by atoms with E-state index in [1.54, 1.807) is 11.0 Å². The Morgan fingerprint density at radius 3 is 2.56 bits per heavy atom. The molecule has 3 N–H and O–H groups in total. The maximum absolute atomic E-state index is 13.8. The van der Waals surface area contributed by atoms with Gasteiger partial charge in [-0.3, -0.25) is 14.3 Å². The van der Waals surface area contributed by atoms with Crippen LogP contribution in [0, 0.1) is 28.9 Å². The number of hydrogen-bond donors (Lipinski definition) is 3. The smallest absolute Gasteiger partial charge is 0.225 e. The van der Waals surface area contributed by atoms with Crippen LogP contribution in [-0.2, 0) is 16.0 Å². The van der Waals surface area contributed by atoms with Gasteiger partial charge < -0.3 is 15.5 Å². The highest BCUT2D eigenvalue weighted by molar-refractivity contribution is 7.97. The first-order valence-electron chi connectivity index (χ1n) is 14.4. The first kappa shape index (κ1) is 34.2. The van der Waals surface area contributed by atoms with Crippen LogP contribution < -0.4 is 15.4 Å². The predicted molar refractivity (Wildman–Crippen MR) is 160 cm³/mol. The third-order valence-corrected chi connectivity index (χ3v) is 7.59. The monoisotopic (exact) mass is 587 g/mol. The van der Waals surface area contributed by atoms with Gasteiger partial charge in [0.05, 0.1) is 11.5 Å². The van der Waals surface area contributed by atoms with E-state index in [-0.39, 0.29) is 36.7 Å². The number of likely N-dealkylation sites (tertiary alicyclic amines) is 1. The van der Waals surface area contributed by atoms with Crippen LogP contribution in [0.4, 0.5) is 8.78 Å². The fourth-order valence-electron chi connectivity index (χ4n) is 4.69. The van der Waals surface area contributed by atoms with Crippen molar-refractivity contribution in [3.05, 3.63) is 65.2 Å². The van der Waals surface area contributed by atoms with Gasteiger partial charge in [-0.2, -0.15) is 5.26 Å². The molecule has 1 aliphatic rings. The second-order valence-corrected chi connectivity index (χ2v) is 10.9. The van der Waals surface area contributed by atoms with Crippen LogP contribution in [0.1, 0.15) is 64.5 Å². The normalized spacial score (nSPS) is 16.0. The summed E-state index contributed by atoms with van der Waals surface area (Å²) in [6, 6.07) is 12.6. The molecule has 1 heterocycles. The number of unbranched alkanes of at least 4 members (excludes halogenated alkanes) is 1. The Labute approximate surface area is 247 Å². The van der Waals surface area contributed by atoms with Gasteiger partial charge in [-0.1, -0.05) is 39.3 Å². The molecule has 10 heteroatoms. The van der Waals surface area contributed by atoms with E-state index in [4.69, 9.17) is 0 Å². The third-order valence-electron chi connectivity index (χ3n) is 6.67. The molecule has 3 atom stereocenters. The highest BCUT2D eigenvalue weighted by Crippen LogP contribution is 2.21. The number of hydrogen-bond acceptors (Lipinski definition) is 6.